The lowest BCUT2D eigenvalue weighted by Crippen LogP contribution is -2.54. The summed E-state index contributed by atoms with van der Waals surface area (Å²) in [5.41, 5.74) is 3.48. The van der Waals surface area contributed by atoms with E-state index >= 15 is 0 Å². The minimum atomic E-state index is 0.0702. The number of nitrogens with zero attached hydrogens (tertiary/aromatic N) is 4. The van der Waals surface area contributed by atoms with Crippen LogP contribution in [0.2, 0.25) is 0 Å². The van der Waals surface area contributed by atoms with Crippen molar-refractivity contribution in [1.82, 2.24) is 19.9 Å². The van der Waals surface area contributed by atoms with Gasteiger partial charge in [-0.3, -0.25) is 4.79 Å². The van der Waals surface area contributed by atoms with E-state index < -0.39 is 0 Å². The quantitative estimate of drug-likeness (QED) is 0.782. The molecule has 0 saturated carbocycles. The third-order valence-electron chi connectivity index (χ3n) is 4.75. The summed E-state index contributed by atoms with van der Waals surface area (Å²) in [5.74, 6) is 1.05. The highest BCUT2D eigenvalue weighted by Gasteiger charge is 2.28. The van der Waals surface area contributed by atoms with Crippen molar-refractivity contribution in [1.29, 1.82) is 0 Å². The number of aromatic nitrogens is 3. The molecule has 1 aliphatic rings. The van der Waals surface area contributed by atoms with Gasteiger partial charge in [0.05, 0.1) is 17.4 Å². The second kappa shape index (κ2) is 6.20. The highest BCUT2D eigenvalue weighted by Crippen LogP contribution is 2.20. The predicted octanol–water partition coefficient (Wildman–Crippen LogP) is 2.62. The minimum Gasteiger partial charge on any atom is -0.353 e. The first-order chi connectivity index (χ1) is 12.1. The maximum atomic E-state index is 12.9. The number of piperazine rings is 1. The summed E-state index contributed by atoms with van der Waals surface area (Å²) in [4.78, 5) is 29.0. The Labute approximate surface area is 146 Å². The third-order valence-corrected chi connectivity index (χ3v) is 4.75. The Hall–Kier alpha value is -2.89. The van der Waals surface area contributed by atoms with Gasteiger partial charge in [-0.2, -0.15) is 0 Å². The van der Waals surface area contributed by atoms with Crippen molar-refractivity contribution in [2.45, 2.75) is 19.9 Å². The Balaban J connectivity index is 1.51. The number of amides is 1. The molecule has 3 heterocycles. The number of pyridine rings is 1. The van der Waals surface area contributed by atoms with Crippen molar-refractivity contribution in [3.8, 4) is 0 Å². The first kappa shape index (κ1) is 15.6. The molecule has 1 atom stereocenters. The summed E-state index contributed by atoms with van der Waals surface area (Å²) >= 11 is 0. The van der Waals surface area contributed by atoms with Gasteiger partial charge >= 0.3 is 0 Å². The molecule has 0 bridgehead atoms. The van der Waals surface area contributed by atoms with Crippen molar-refractivity contribution in [3.63, 3.8) is 0 Å². The molecule has 1 aromatic carbocycles. The summed E-state index contributed by atoms with van der Waals surface area (Å²) in [6.45, 7) is 6.36. The Bertz CT molecular complexity index is 919. The second-order valence-corrected chi connectivity index (χ2v) is 6.57. The van der Waals surface area contributed by atoms with Crippen LogP contribution in [-0.4, -0.2) is 51.4 Å². The zero-order chi connectivity index (χ0) is 17.4. The number of imidazole rings is 1. The number of H-pyrrole nitrogens is 1. The smallest absolute Gasteiger partial charge is 0.254 e. The molecule has 6 heteroatoms. The number of nitrogens with one attached hydrogen (secondary N) is 1. The molecule has 1 fully saturated rings. The van der Waals surface area contributed by atoms with Crippen LogP contribution in [0.4, 0.5) is 5.82 Å². The number of benzene rings is 1. The van der Waals surface area contributed by atoms with Crippen LogP contribution in [-0.2, 0) is 0 Å². The van der Waals surface area contributed by atoms with Gasteiger partial charge in [0.25, 0.3) is 5.91 Å². The van der Waals surface area contributed by atoms with Crippen LogP contribution in [0, 0.1) is 6.92 Å². The van der Waals surface area contributed by atoms with Crippen LogP contribution in [0.25, 0.3) is 11.0 Å². The second-order valence-electron chi connectivity index (χ2n) is 6.57. The molecule has 3 aromatic rings. The van der Waals surface area contributed by atoms with E-state index in [0.29, 0.717) is 12.1 Å². The molecule has 0 radical (unpaired) electrons. The topological polar surface area (TPSA) is 65.1 Å². The van der Waals surface area contributed by atoms with Gasteiger partial charge < -0.3 is 14.8 Å². The van der Waals surface area contributed by atoms with Gasteiger partial charge in [0.2, 0.25) is 0 Å². The average Bonchev–Trinajstić information content (AvgIpc) is 3.09. The minimum absolute atomic E-state index is 0.0702. The summed E-state index contributed by atoms with van der Waals surface area (Å²) < 4.78 is 0. The number of carbonyl (C=O) groups excluding carboxylic acids is 1. The van der Waals surface area contributed by atoms with Gasteiger partial charge in [0, 0.05) is 36.9 Å². The molecule has 2 aromatic heterocycles. The van der Waals surface area contributed by atoms with Crippen LogP contribution in [0.3, 0.4) is 0 Å². The number of hydrogen-bond acceptors (Lipinski definition) is 4. The van der Waals surface area contributed by atoms with Crippen molar-refractivity contribution in [2.75, 3.05) is 24.5 Å². The van der Waals surface area contributed by atoms with Gasteiger partial charge in [-0.25, -0.2) is 9.97 Å². The number of aromatic amines is 1. The van der Waals surface area contributed by atoms with Crippen LogP contribution in [0.1, 0.15) is 23.0 Å². The number of hydrogen-bond donors (Lipinski definition) is 1. The largest absolute Gasteiger partial charge is 0.353 e. The van der Waals surface area contributed by atoms with Crippen molar-refractivity contribution >= 4 is 22.8 Å². The number of aryl methyl sites for hydroxylation is 1. The van der Waals surface area contributed by atoms with Gasteiger partial charge in [0.15, 0.2) is 0 Å². The fraction of sp³-hybridized carbons (Fsp3) is 0.316. The lowest BCUT2D eigenvalue weighted by molar-refractivity contribution is 0.0674. The highest BCUT2D eigenvalue weighted by atomic mass is 16.2. The molecular weight excluding hydrogens is 314 g/mol. The van der Waals surface area contributed by atoms with Gasteiger partial charge in [0.1, 0.15) is 5.82 Å². The van der Waals surface area contributed by atoms with E-state index in [1.807, 2.05) is 48.2 Å². The number of carbonyl (C=O) groups is 1. The van der Waals surface area contributed by atoms with Gasteiger partial charge in [-0.15, -0.1) is 0 Å². The van der Waals surface area contributed by atoms with E-state index in [2.05, 4.69) is 26.8 Å². The lowest BCUT2D eigenvalue weighted by Gasteiger charge is -2.40. The van der Waals surface area contributed by atoms with E-state index in [1.165, 1.54) is 0 Å². The van der Waals surface area contributed by atoms with Crippen LogP contribution in [0.5, 0.6) is 0 Å². The van der Waals surface area contributed by atoms with Crippen LogP contribution < -0.4 is 4.90 Å². The molecular formula is C19H21N5O. The lowest BCUT2D eigenvalue weighted by atomic mass is 10.1. The molecule has 25 heavy (non-hydrogen) atoms. The molecule has 4 rings (SSSR count). The van der Waals surface area contributed by atoms with E-state index in [1.54, 1.807) is 6.33 Å². The molecule has 0 unspecified atom stereocenters. The zero-order valence-corrected chi connectivity index (χ0v) is 14.4. The summed E-state index contributed by atoms with van der Waals surface area (Å²) in [6.07, 6.45) is 1.65. The molecule has 1 N–H and O–H groups in total. The highest BCUT2D eigenvalue weighted by molar-refractivity contribution is 5.97. The number of fused-ring (bicyclic) bond motifs is 1. The zero-order valence-electron chi connectivity index (χ0n) is 14.4. The molecule has 1 saturated heterocycles. The Morgan fingerprint density at radius 2 is 2.12 bits per heavy atom. The SMILES string of the molecule is Cc1cccc(N2CCN(C(=O)c3ccc4nc[nH]c4c3)[C@H](C)C2)n1. The number of anilines is 1. The number of rotatable bonds is 2. The molecule has 0 spiro atoms. The maximum Gasteiger partial charge on any atom is 0.254 e. The molecule has 1 amide bonds. The Morgan fingerprint density at radius 3 is 2.92 bits per heavy atom. The van der Waals surface area contributed by atoms with Crippen molar-refractivity contribution in [3.05, 3.63) is 54.0 Å². The average molecular weight is 335 g/mol. The normalized spacial score (nSPS) is 17.9. The fourth-order valence-electron chi connectivity index (χ4n) is 3.41. The van der Waals surface area contributed by atoms with E-state index in [4.69, 9.17) is 0 Å². The predicted molar refractivity (Wildman–Crippen MR) is 97.8 cm³/mol. The van der Waals surface area contributed by atoms with Crippen molar-refractivity contribution in [2.24, 2.45) is 0 Å². The van der Waals surface area contributed by atoms with Crippen LogP contribution in [0.15, 0.2) is 42.7 Å². The third kappa shape index (κ3) is 2.95. The van der Waals surface area contributed by atoms with E-state index in [-0.39, 0.29) is 11.9 Å². The fourth-order valence-corrected chi connectivity index (χ4v) is 3.41. The summed E-state index contributed by atoms with van der Waals surface area (Å²) in [5, 5.41) is 0. The first-order valence-corrected chi connectivity index (χ1v) is 8.54. The van der Waals surface area contributed by atoms with E-state index in [0.717, 1.165) is 35.6 Å². The van der Waals surface area contributed by atoms with E-state index in [9.17, 15) is 4.79 Å². The Morgan fingerprint density at radius 1 is 1.24 bits per heavy atom. The molecule has 1 aliphatic heterocycles. The van der Waals surface area contributed by atoms with Crippen LogP contribution >= 0.6 is 0 Å². The van der Waals surface area contributed by atoms with Gasteiger partial charge in [-0.1, -0.05) is 6.07 Å². The summed E-state index contributed by atoms with van der Waals surface area (Å²) in [7, 11) is 0. The Kier molecular flexibility index (Phi) is 3.87. The van der Waals surface area contributed by atoms with Crippen molar-refractivity contribution < 1.29 is 4.79 Å². The molecule has 0 aliphatic carbocycles. The first-order valence-electron chi connectivity index (χ1n) is 8.54. The molecule has 128 valence electrons. The van der Waals surface area contributed by atoms with Gasteiger partial charge in [-0.05, 0) is 44.2 Å². The summed E-state index contributed by atoms with van der Waals surface area (Å²) in [6, 6.07) is 11.8. The maximum absolute atomic E-state index is 12.9. The standard InChI is InChI=1S/C19H21N5O/c1-13-4-3-5-18(22-13)23-8-9-24(14(2)11-23)19(25)15-6-7-16-17(10-15)21-12-20-16/h3-7,10,12,14H,8-9,11H2,1-2H3,(H,20,21)/t14-/m1/s1. The molecule has 6 nitrogen and oxygen atoms in total. The monoisotopic (exact) mass is 335 g/mol.